The number of benzene rings is 2. The first-order chi connectivity index (χ1) is 17.4. The van der Waals surface area contributed by atoms with Crippen molar-refractivity contribution in [1.29, 1.82) is 0 Å². The van der Waals surface area contributed by atoms with Crippen molar-refractivity contribution in [1.82, 2.24) is 10.6 Å². The van der Waals surface area contributed by atoms with Crippen molar-refractivity contribution in [2.45, 2.75) is 31.7 Å². The number of aliphatic carboxylic acids is 1. The Kier molecular flexibility index (Phi) is 6.96. The molecule has 3 N–H and O–H groups in total. The number of fused-ring (bicyclic) bond motifs is 1. The number of amides is 2. The van der Waals surface area contributed by atoms with Gasteiger partial charge in [0.05, 0.1) is 17.5 Å². The third kappa shape index (κ3) is 5.43. The number of sulfonamides is 1. The second kappa shape index (κ2) is 9.85. The maximum atomic E-state index is 13.5. The zero-order chi connectivity index (χ0) is 27.1. The highest BCUT2D eigenvalue weighted by Crippen LogP contribution is 2.48. The Labute approximate surface area is 212 Å². The van der Waals surface area contributed by atoms with Gasteiger partial charge in [-0.2, -0.15) is 0 Å². The van der Waals surface area contributed by atoms with E-state index in [-0.39, 0.29) is 28.5 Å². The van der Waals surface area contributed by atoms with E-state index < -0.39 is 46.2 Å². The van der Waals surface area contributed by atoms with Crippen LogP contribution in [0.3, 0.4) is 0 Å². The van der Waals surface area contributed by atoms with E-state index in [0.717, 1.165) is 23.4 Å². The van der Waals surface area contributed by atoms with Gasteiger partial charge < -0.3 is 20.2 Å². The smallest absolute Gasteiger partial charge is 0.325 e. The summed E-state index contributed by atoms with van der Waals surface area (Å²) in [4.78, 5) is 36.6. The van der Waals surface area contributed by atoms with Crippen LogP contribution in [0.2, 0.25) is 0 Å². The largest absolute Gasteiger partial charge is 0.480 e. The van der Waals surface area contributed by atoms with Crippen molar-refractivity contribution in [2.75, 3.05) is 24.2 Å². The van der Waals surface area contributed by atoms with Crippen molar-refractivity contribution >= 4 is 44.5 Å². The normalized spacial score (nSPS) is 14.3. The number of carboxylic acids is 1. The number of furan rings is 1. The monoisotopic (exact) mass is 531 g/mol. The summed E-state index contributed by atoms with van der Waals surface area (Å²) in [5.74, 6) is -2.75. The van der Waals surface area contributed by atoms with Gasteiger partial charge in [0.2, 0.25) is 15.9 Å². The number of hydrogen-bond acceptors (Lipinski definition) is 6. The van der Waals surface area contributed by atoms with Crippen LogP contribution in [0.25, 0.3) is 22.3 Å². The van der Waals surface area contributed by atoms with Gasteiger partial charge in [0.15, 0.2) is 0 Å². The van der Waals surface area contributed by atoms with Gasteiger partial charge in [0.25, 0.3) is 5.91 Å². The average Bonchev–Trinajstić information content (AvgIpc) is 3.61. The standard InChI is InChI=1S/C25H26FN3O7S/c1-13(25(32)33)28-21(30)12-29(37(3,34)35)19-11-20-18(10-17(19)14-4-5-14)22(24(31)27-2)23(36-20)15-6-8-16(26)9-7-15/h6-11,13-14H,4-5,12H2,1-3H3,(H,27,31)(H,28,30)(H,32,33). The van der Waals surface area contributed by atoms with Crippen LogP contribution in [0, 0.1) is 5.82 Å². The van der Waals surface area contributed by atoms with Gasteiger partial charge >= 0.3 is 5.97 Å². The molecule has 1 aliphatic carbocycles. The fourth-order valence-electron chi connectivity index (χ4n) is 4.10. The van der Waals surface area contributed by atoms with Gasteiger partial charge in [0, 0.05) is 24.1 Å². The van der Waals surface area contributed by atoms with Crippen molar-refractivity contribution in [3.05, 3.63) is 53.3 Å². The molecule has 0 bridgehead atoms. The first-order valence-corrected chi connectivity index (χ1v) is 13.3. The summed E-state index contributed by atoms with van der Waals surface area (Å²) in [7, 11) is -2.52. The van der Waals surface area contributed by atoms with E-state index in [2.05, 4.69) is 10.6 Å². The molecule has 1 unspecified atom stereocenters. The van der Waals surface area contributed by atoms with Gasteiger partial charge in [-0.3, -0.25) is 18.7 Å². The Balaban J connectivity index is 1.89. The Morgan fingerprint density at radius 3 is 2.38 bits per heavy atom. The Morgan fingerprint density at radius 2 is 1.84 bits per heavy atom. The Morgan fingerprint density at radius 1 is 1.19 bits per heavy atom. The number of carboxylic acid groups (broad SMARTS) is 1. The molecule has 37 heavy (non-hydrogen) atoms. The summed E-state index contributed by atoms with van der Waals surface area (Å²) in [6, 6.07) is 7.37. The molecular formula is C25H26FN3O7S. The van der Waals surface area contributed by atoms with Gasteiger partial charge in [-0.05, 0) is 61.6 Å². The molecule has 4 rings (SSSR count). The van der Waals surface area contributed by atoms with E-state index in [1.807, 2.05) is 0 Å². The maximum Gasteiger partial charge on any atom is 0.325 e. The molecule has 196 valence electrons. The SMILES string of the molecule is CNC(=O)c1c(-c2ccc(F)cc2)oc2cc(N(CC(=O)NC(C)C(=O)O)S(C)(=O)=O)c(C3CC3)cc12. The second-order valence-electron chi connectivity index (χ2n) is 8.97. The van der Waals surface area contributed by atoms with Crippen molar-refractivity contribution < 1.29 is 36.7 Å². The topological polar surface area (TPSA) is 146 Å². The minimum atomic E-state index is -3.98. The Hall–Kier alpha value is -3.93. The van der Waals surface area contributed by atoms with E-state index in [4.69, 9.17) is 9.52 Å². The van der Waals surface area contributed by atoms with Crippen LogP contribution >= 0.6 is 0 Å². The minimum Gasteiger partial charge on any atom is -0.480 e. The summed E-state index contributed by atoms with van der Waals surface area (Å²) < 4.78 is 46.1. The fraction of sp³-hybridized carbons (Fsp3) is 0.320. The predicted octanol–water partition coefficient (Wildman–Crippen LogP) is 2.83. The molecule has 1 aliphatic rings. The van der Waals surface area contributed by atoms with E-state index in [9.17, 15) is 27.2 Å². The molecule has 12 heteroatoms. The number of rotatable bonds is 9. The summed E-state index contributed by atoms with van der Waals surface area (Å²) >= 11 is 0. The highest BCUT2D eigenvalue weighted by molar-refractivity contribution is 7.92. The molecule has 0 aliphatic heterocycles. The molecule has 2 amide bonds. The van der Waals surface area contributed by atoms with Crippen LogP contribution in [0.1, 0.15) is 41.6 Å². The predicted molar refractivity (Wildman–Crippen MR) is 134 cm³/mol. The number of anilines is 1. The molecule has 1 heterocycles. The van der Waals surface area contributed by atoms with Gasteiger partial charge in [-0.15, -0.1) is 0 Å². The molecule has 1 aromatic heterocycles. The first-order valence-electron chi connectivity index (χ1n) is 11.5. The van der Waals surface area contributed by atoms with Crippen molar-refractivity contribution in [3.63, 3.8) is 0 Å². The van der Waals surface area contributed by atoms with Gasteiger partial charge in [0.1, 0.15) is 29.7 Å². The number of halogens is 1. The second-order valence-corrected chi connectivity index (χ2v) is 10.9. The molecule has 2 aromatic carbocycles. The molecule has 1 atom stereocenters. The molecule has 0 spiro atoms. The van der Waals surface area contributed by atoms with Gasteiger partial charge in [-0.25, -0.2) is 12.8 Å². The van der Waals surface area contributed by atoms with Crippen LogP contribution in [0.5, 0.6) is 0 Å². The average molecular weight is 532 g/mol. The van der Waals surface area contributed by atoms with E-state index >= 15 is 0 Å². The third-order valence-electron chi connectivity index (χ3n) is 6.12. The number of nitrogens with one attached hydrogen (secondary N) is 2. The van der Waals surface area contributed by atoms with Crippen LogP contribution in [0.15, 0.2) is 40.8 Å². The third-order valence-corrected chi connectivity index (χ3v) is 7.25. The van der Waals surface area contributed by atoms with Crippen molar-refractivity contribution in [2.24, 2.45) is 0 Å². The highest BCUT2D eigenvalue weighted by atomic mass is 32.2. The number of carbonyl (C=O) groups excluding carboxylic acids is 2. The van der Waals surface area contributed by atoms with E-state index in [0.29, 0.717) is 16.5 Å². The zero-order valence-corrected chi connectivity index (χ0v) is 21.2. The fourth-order valence-corrected chi connectivity index (χ4v) is 4.97. The summed E-state index contributed by atoms with van der Waals surface area (Å²) in [6.45, 7) is 0.627. The lowest BCUT2D eigenvalue weighted by Gasteiger charge is -2.25. The van der Waals surface area contributed by atoms with Crippen LogP contribution in [-0.2, 0) is 19.6 Å². The lowest BCUT2D eigenvalue weighted by Crippen LogP contribution is -2.45. The number of hydrogen-bond donors (Lipinski definition) is 3. The Bertz CT molecular complexity index is 1490. The molecular weight excluding hydrogens is 505 g/mol. The molecule has 1 saturated carbocycles. The highest BCUT2D eigenvalue weighted by Gasteiger charge is 2.34. The zero-order valence-electron chi connectivity index (χ0n) is 20.4. The van der Waals surface area contributed by atoms with E-state index in [1.165, 1.54) is 44.3 Å². The van der Waals surface area contributed by atoms with Crippen LogP contribution in [0.4, 0.5) is 10.1 Å². The first kappa shape index (κ1) is 26.1. The number of carbonyl (C=O) groups is 3. The number of nitrogens with zero attached hydrogens (tertiary/aromatic N) is 1. The quantitative estimate of drug-likeness (QED) is 0.385. The maximum absolute atomic E-state index is 13.5. The lowest BCUT2D eigenvalue weighted by molar-refractivity contribution is -0.141. The van der Waals surface area contributed by atoms with E-state index in [1.54, 1.807) is 6.07 Å². The van der Waals surface area contributed by atoms with Crippen molar-refractivity contribution in [3.8, 4) is 11.3 Å². The van der Waals surface area contributed by atoms with Crippen LogP contribution < -0.4 is 14.9 Å². The molecule has 1 fully saturated rings. The summed E-state index contributed by atoms with van der Waals surface area (Å²) in [6.07, 6.45) is 2.52. The molecule has 3 aromatic rings. The van der Waals surface area contributed by atoms with Gasteiger partial charge in [-0.1, -0.05) is 0 Å². The lowest BCUT2D eigenvalue weighted by atomic mass is 10.0. The molecule has 0 radical (unpaired) electrons. The molecule has 0 saturated heterocycles. The molecule has 10 nitrogen and oxygen atoms in total. The minimum absolute atomic E-state index is 0.00589. The summed E-state index contributed by atoms with van der Waals surface area (Å²) in [5, 5.41) is 14.4. The van der Waals surface area contributed by atoms with Crippen LogP contribution in [-0.4, -0.2) is 57.2 Å². The summed E-state index contributed by atoms with van der Waals surface area (Å²) in [5.41, 5.74) is 1.70.